The number of fused-ring (bicyclic) bond motifs is 1. The molecule has 4 aromatic rings. The maximum absolute atomic E-state index is 13.8. The van der Waals surface area contributed by atoms with E-state index in [1.165, 1.54) is 12.1 Å². The van der Waals surface area contributed by atoms with E-state index in [4.69, 9.17) is 23.2 Å². The summed E-state index contributed by atoms with van der Waals surface area (Å²) in [5, 5.41) is 0.877. The largest absolute Gasteiger partial charge is 0.419 e. The van der Waals surface area contributed by atoms with E-state index in [0.29, 0.717) is 22.2 Å². The molecule has 0 aliphatic heterocycles. The molecule has 33 heavy (non-hydrogen) atoms. The van der Waals surface area contributed by atoms with Gasteiger partial charge in [0, 0.05) is 16.3 Å². The monoisotopic (exact) mass is 534 g/mol. The van der Waals surface area contributed by atoms with Gasteiger partial charge < -0.3 is 0 Å². The fourth-order valence-electron chi connectivity index (χ4n) is 3.12. The number of rotatable bonds is 5. The Morgan fingerprint density at radius 1 is 1.03 bits per heavy atom. The highest BCUT2D eigenvalue weighted by molar-refractivity contribution is 7.93. The highest BCUT2D eigenvalue weighted by Gasteiger charge is 2.35. The summed E-state index contributed by atoms with van der Waals surface area (Å²) < 4.78 is 82.0. The molecule has 172 valence electrons. The molecule has 2 aromatic carbocycles. The lowest BCUT2D eigenvalue weighted by atomic mass is 10.1. The third kappa shape index (κ3) is 4.65. The first kappa shape index (κ1) is 23.7. The Labute approximate surface area is 200 Å². The van der Waals surface area contributed by atoms with Crippen molar-refractivity contribution in [3.63, 3.8) is 0 Å². The molecular weight excluding hydrogens is 523 g/mol. The molecule has 2 heterocycles. The number of alkyl halides is 3. The number of pyridine rings is 1. The van der Waals surface area contributed by atoms with Gasteiger partial charge in [-0.25, -0.2) is 17.8 Å². The van der Waals surface area contributed by atoms with E-state index in [-0.39, 0.29) is 25.6 Å². The van der Waals surface area contributed by atoms with Crippen molar-refractivity contribution < 1.29 is 26.0 Å². The summed E-state index contributed by atoms with van der Waals surface area (Å²) in [6.07, 6.45) is -3.91. The molecule has 0 unspecified atom stereocenters. The van der Waals surface area contributed by atoms with E-state index in [0.717, 1.165) is 27.9 Å². The number of thiophene rings is 1. The first-order valence-electron chi connectivity index (χ1n) is 9.15. The van der Waals surface area contributed by atoms with E-state index >= 15 is 0 Å². The van der Waals surface area contributed by atoms with Gasteiger partial charge in [-0.2, -0.15) is 13.2 Å². The van der Waals surface area contributed by atoms with Crippen LogP contribution < -0.4 is 4.31 Å². The number of sulfonamides is 1. The van der Waals surface area contributed by atoms with Gasteiger partial charge in [0.05, 0.1) is 17.1 Å². The fraction of sp³-hybridized carbons (Fsp3) is 0.0952. The molecular formula is C21H12Cl2F4N2O2S2. The van der Waals surface area contributed by atoms with Crippen LogP contribution in [-0.2, 0) is 22.7 Å². The maximum Gasteiger partial charge on any atom is 0.419 e. The van der Waals surface area contributed by atoms with E-state index in [2.05, 4.69) is 4.98 Å². The van der Waals surface area contributed by atoms with Crippen molar-refractivity contribution in [1.29, 1.82) is 0 Å². The number of nitrogens with zero attached hydrogens (tertiary/aromatic N) is 2. The maximum atomic E-state index is 13.8. The van der Waals surface area contributed by atoms with Gasteiger partial charge in [0.15, 0.2) is 0 Å². The molecule has 0 aliphatic carbocycles. The first-order valence-corrected chi connectivity index (χ1v) is 12.2. The van der Waals surface area contributed by atoms with E-state index < -0.39 is 34.1 Å². The van der Waals surface area contributed by atoms with Crippen molar-refractivity contribution in [1.82, 2.24) is 4.98 Å². The normalized spacial score (nSPS) is 12.3. The summed E-state index contributed by atoms with van der Waals surface area (Å²) in [5.41, 5.74) is -1.57. The summed E-state index contributed by atoms with van der Waals surface area (Å²) in [7, 11) is -4.33. The molecule has 0 radical (unpaired) electrons. The molecule has 0 aliphatic rings. The van der Waals surface area contributed by atoms with Crippen molar-refractivity contribution in [2.75, 3.05) is 4.31 Å². The smallest absolute Gasteiger partial charge is 0.251 e. The Morgan fingerprint density at radius 3 is 2.39 bits per heavy atom. The molecule has 0 fully saturated rings. The number of anilines is 1. The van der Waals surface area contributed by atoms with Crippen LogP contribution in [0.3, 0.4) is 0 Å². The molecule has 4 nitrogen and oxygen atoms in total. The molecule has 0 saturated carbocycles. The van der Waals surface area contributed by atoms with Crippen molar-refractivity contribution in [3.8, 4) is 0 Å². The molecule has 2 aromatic heterocycles. The van der Waals surface area contributed by atoms with Gasteiger partial charge in [-0.3, -0.25) is 4.31 Å². The molecule has 4 rings (SSSR count). The topological polar surface area (TPSA) is 50.3 Å². The van der Waals surface area contributed by atoms with Gasteiger partial charge in [0.2, 0.25) is 0 Å². The average Bonchev–Trinajstić information content (AvgIpc) is 3.09. The lowest BCUT2D eigenvalue weighted by Crippen LogP contribution is -2.30. The van der Waals surface area contributed by atoms with Crippen LogP contribution in [0.25, 0.3) is 10.1 Å². The molecule has 12 heteroatoms. The van der Waals surface area contributed by atoms with Gasteiger partial charge in [0.25, 0.3) is 10.0 Å². The fourth-order valence-corrected chi connectivity index (χ4v) is 6.44. The highest BCUT2D eigenvalue weighted by atomic mass is 35.5. The number of benzene rings is 2. The lowest BCUT2D eigenvalue weighted by Gasteiger charge is -2.24. The third-order valence-electron chi connectivity index (χ3n) is 4.70. The third-order valence-corrected chi connectivity index (χ3v) is 8.45. The van der Waals surface area contributed by atoms with Crippen LogP contribution in [0.15, 0.2) is 65.7 Å². The van der Waals surface area contributed by atoms with Crippen molar-refractivity contribution in [3.05, 3.63) is 87.9 Å². The van der Waals surface area contributed by atoms with Gasteiger partial charge >= 0.3 is 6.18 Å². The van der Waals surface area contributed by atoms with Crippen LogP contribution >= 0.6 is 34.5 Å². The minimum absolute atomic E-state index is 0.0637. The van der Waals surface area contributed by atoms with Gasteiger partial charge in [0.1, 0.15) is 20.9 Å². The zero-order valence-electron chi connectivity index (χ0n) is 16.3. The molecule has 0 spiro atoms. The summed E-state index contributed by atoms with van der Waals surface area (Å²) in [6, 6.07) is 11.7. The van der Waals surface area contributed by atoms with Crippen molar-refractivity contribution in [2.24, 2.45) is 0 Å². The quantitative estimate of drug-likeness (QED) is 0.201. The molecule has 0 N–H and O–H groups in total. The summed E-state index contributed by atoms with van der Waals surface area (Å²) in [6.45, 7) is -0.527. The van der Waals surface area contributed by atoms with E-state index in [9.17, 15) is 26.0 Å². The lowest BCUT2D eigenvalue weighted by molar-refractivity contribution is -0.140. The predicted molar refractivity (Wildman–Crippen MR) is 121 cm³/mol. The van der Waals surface area contributed by atoms with E-state index in [1.807, 2.05) is 0 Å². The minimum atomic E-state index is -4.95. The van der Waals surface area contributed by atoms with Crippen LogP contribution in [0.1, 0.15) is 11.1 Å². The number of hydrogen-bond acceptors (Lipinski definition) is 4. The second kappa shape index (κ2) is 8.75. The second-order valence-corrected chi connectivity index (χ2v) is 10.5. The van der Waals surface area contributed by atoms with Crippen LogP contribution in [-0.4, -0.2) is 13.4 Å². The molecule has 0 saturated heterocycles. The number of aromatic nitrogens is 1. The van der Waals surface area contributed by atoms with Gasteiger partial charge in [-0.15, -0.1) is 11.3 Å². The zero-order valence-corrected chi connectivity index (χ0v) is 19.4. The molecule has 0 bridgehead atoms. The SMILES string of the molecule is O=S(=O)(c1ccc(Cl)nc1)N(Cc1ccc(F)c(C(F)(F)F)c1)c1sc2ccccc2c1Cl. The number of halogens is 6. The minimum Gasteiger partial charge on any atom is -0.251 e. The predicted octanol–water partition coefficient (Wildman–Crippen LogP) is 7.16. The van der Waals surface area contributed by atoms with Crippen molar-refractivity contribution in [2.45, 2.75) is 17.6 Å². The first-order chi connectivity index (χ1) is 15.5. The zero-order chi connectivity index (χ0) is 24.0. The Hall–Kier alpha value is -2.40. The van der Waals surface area contributed by atoms with Crippen molar-refractivity contribution >= 4 is 59.6 Å². The van der Waals surface area contributed by atoms with Crippen LogP contribution in [0.4, 0.5) is 22.6 Å². The average molecular weight is 535 g/mol. The number of hydrogen-bond donors (Lipinski definition) is 0. The Balaban J connectivity index is 1.88. The van der Waals surface area contributed by atoms with Crippen LogP contribution in [0.2, 0.25) is 10.2 Å². The summed E-state index contributed by atoms with van der Waals surface area (Å²) in [4.78, 5) is 3.55. The molecule has 0 atom stereocenters. The van der Waals surface area contributed by atoms with Gasteiger partial charge in [-0.05, 0) is 35.9 Å². The highest BCUT2D eigenvalue weighted by Crippen LogP contribution is 2.44. The summed E-state index contributed by atoms with van der Waals surface area (Å²) in [5.74, 6) is -1.46. The van der Waals surface area contributed by atoms with Gasteiger partial charge in [-0.1, -0.05) is 47.5 Å². The Bertz CT molecular complexity index is 1440. The molecule has 0 amide bonds. The van der Waals surface area contributed by atoms with E-state index in [1.54, 1.807) is 24.3 Å². The standard InChI is InChI=1S/C21H12Cl2F4N2O2S2/c22-18-8-6-13(10-28-18)33(30,31)29(20-19(23)14-3-1-2-4-17(14)32-20)11-12-5-7-16(24)15(9-12)21(25,26)27/h1-10H,11H2. The summed E-state index contributed by atoms with van der Waals surface area (Å²) >= 11 is 13.3. The Morgan fingerprint density at radius 2 is 1.76 bits per heavy atom. The van der Waals surface area contributed by atoms with Crippen LogP contribution in [0.5, 0.6) is 0 Å². The second-order valence-electron chi connectivity index (χ2n) is 6.86. The Kier molecular flexibility index (Phi) is 6.30. The van der Waals surface area contributed by atoms with Crippen LogP contribution in [0, 0.1) is 5.82 Å².